The Bertz CT molecular complexity index is 192. The highest BCUT2D eigenvalue weighted by atomic mass is 14.5. The van der Waals surface area contributed by atoms with Crippen LogP contribution in [0.1, 0.15) is 39.5 Å². The van der Waals surface area contributed by atoms with E-state index in [9.17, 15) is 0 Å². The molecule has 13 heavy (non-hydrogen) atoms. The Kier molecular flexibility index (Phi) is 2.49. The number of hydrogen-bond acceptors (Lipinski definition) is 0. The van der Waals surface area contributed by atoms with Gasteiger partial charge in [-0.3, -0.25) is 0 Å². The molecule has 2 saturated carbocycles. The summed E-state index contributed by atoms with van der Waals surface area (Å²) in [6.45, 7) is 8.74. The second-order valence-electron chi connectivity index (χ2n) is 5.24. The zero-order valence-electron chi connectivity index (χ0n) is 9.00. The summed E-state index contributed by atoms with van der Waals surface area (Å²) in [4.78, 5) is 0. The van der Waals surface area contributed by atoms with Gasteiger partial charge < -0.3 is 0 Å². The molecule has 5 atom stereocenters. The van der Waals surface area contributed by atoms with E-state index in [2.05, 4.69) is 26.5 Å². The Labute approximate surface area is 82.4 Å². The van der Waals surface area contributed by atoms with Gasteiger partial charge in [-0.15, -0.1) is 6.58 Å². The predicted molar refractivity (Wildman–Crippen MR) is 57.5 cm³/mol. The van der Waals surface area contributed by atoms with Gasteiger partial charge in [0.15, 0.2) is 0 Å². The van der Waals surface area contributed by atoms with E-state index in [-0.39, 0.29) is 0 Å². The molecule has 74 valence electrons. The first-order chi connectivity index (χ1) is 6.24. The number of rotatable bonds is 3. The molecule has 0 aliphatic heterocycles. The Hall–Kier alpha value is -0.260. The van der Waals surface area contributed by atoms with Gasteiger partial charge in [0.05, 0.1) is 0 Å². The summed E-state index contributed by atoms with van der Waals surface area (Å²) in [5.41, 5.74) is 0. The average Bonchev–Trinajstić information content (AvgIpc) is 2.64. The monoisotopic (exact) mass is 178 g/mol. The molecule has 0 aromatic rings. The minimum Gasteiger partial charge on any atom is -0.103 e. The van der Waals surface area contributed by atoms with Crippen LogP contribution >= 0.6 is 0 Å². The molecule has 0 aromatic heterocycles. The van der Waals surface area contributed by atoms with Gasteiger partial charge >= 0.3 is 0 Å². The summed E-state index contributed by atoms with van der Waals surface area (Å²) in [7, 11) is 0. The average molecular weight is 178 g/mol. The molecular formula is C13H22. The summed E-state index contributed by atoms with van der Waals surface area (Å²) in [5, 5.41) is 0. The van der Waals surface area contributed by atoms with Gasteiger partial charge in [0.1, 0.15) is 0 Å². The molecule has 0 spiro atoms. The fourth-order valence-corrected chi connectivity index (χ4v) is 3.76. The van der Waals surface area contributed by atoms with Crippen molar-refractivity contribution in [1.29, 1.82) is 0 Å². The molecule has 0 heterocycles. The van der Waals surface area contributed by atoms with Crippen LogP contribution in [0.3, 0.4) is 0 Å². The molecule has 2 aliphatic carbocycles. The van der Waals surface area contributed by atoms with Crippen molar-refractivity contribution >= 4 is 0 Å². The lowest BCUT2D eigenvalue weighted by atomic mass is 9.74. The Balaban J connectivity index is 1.94. The lowest BCUT2D eigenvalue weighted by Gasteiger charge is -2.31. The van der Waals surface area contributed by atoms with Gasteiger partial charge in [0.25, 0.3) is 0 Å². The molecular weight excluding hydrogens is 156 g/mol. The molecule has 2 rings (SSSR count). The van der Waals surface area contributed by atoms with Crippen LogP contribution in [0.15, 0.2) is 12.7 Å². The van der Waals surface area contributed by atoms with Crippen molar-refractivity contribution in [2.24, 2.45) is 29.6 Å². The fourth-order valence-electron chi connectivity index (χ4n) is 3.76. The first-order valence-electron chi connectivity index (χ1n) is 5.85. The quantitative estimate of drug-likeness (QED) is 0.575. The highest BCUT2D eigenvalue weighted by molar-refractivity contribution is 4.97. The third kappa shape index (κ3) is 1.45. The summed E-state index contributed by atoms with van der Waals surface area (Å²) in [6.07, 6.45) is 7.77. The number of fused-ring (bicyclic) bond motifs is 2. The summed E-state index contributed by atoms with van der Waals surface area (Å²) >= 11 is 0. The SMILES string of the molecule is C=CCCC1CC2CC1C(C)C2C. The van der Waals surface area contributed by atoms with Crippen LogP contribution < -0.4 is 0 Å². The zero-order chi connectivity index (χ0) is 9.42. The van der Waals surface area contributed by atoms with Crippen molar-refractivity contribution in [2.75, 3.05) is 0 Å². The van der Waals surface area contributed by atoms with Crippen LogP contribution in [0.25, 0.3) is 0 Å². The van der Waals surface area contributed by atoms with Gasteiger partial charge in [-0.25, -0.2) is 0 Å². The van der Waals surface area contributed by atoms with Crippen LogP contribution in [-0.4, -0.2) is 0 Å². The third-order valence-electron chi connectivity index (χ3n) is 4.78. The van der Waals surface area contributed by atoms with E-state index in [1.165, 1.54) is 25.7 Å². The van der Waals surface area contributed by atoms with Crippen LogP contribution in [0.5, 0.6) is 0 Å². The maximum atomic E-state index is 3.82. The van der Waals surface area contributed by atoms with Crippen molar-refractivity contribution in [2.45, 2.75) is 39.5 Å². The molecule has 2 fully saturated rings. The zero-order valence-corrected chi connectivity index (χ0v) is 9.00. The second-order valence-corrected chi connectivity index (χ2v) is 5.24. The van der Waals surface area contributed by atoms with E-state index in [1.807, 2.05) is 0 Å². The van der Waals surface area contributed by atoms with E-state index in [0.29, 0.717) is 0 Å². The van der Waals surface area contributed by atoms with Gasteiger partial charge in [-0.2, -0.15) is 0 Å². The van der Waals surface area contributed by atoms with Crippen LogP contribution in [0, 0.1) is 29.6 Å². The molecule has 2 aliphatic rings. The normalized spacial score (nSPS) is 48.3. The van der Waals surface area contributed by atoms with Crippen LogP contribution in [0.2, 0.25) is 0 Å². The van der Waals surface area contributed by atoms with E-state index < -0.39 is 0 Å². The van der Waals surface area contributed by atoms with E-state index in [0.717, 1.165) is 29.6 Å². The van der Waals surface area contributed by atoms with Crippen molar-refractivity contribution in [1.82, 2.24) is 0 Å². The second kappa shape index (κ2) is 3.48. The van der Waals surface area contributed by atoms with Gasteiger partial charge in [-0.1, -0.05) is 19.9 Å². The minimum atomic E-state index is 0.994. The van der Waals surface area contributed by atoms with E-state index in [4.69, 9.17) is 0 Å². The first-order valence-corrected chi connectivity index (χ1v) is 5.85. The van der Waals surface area contributed by atoms with Crippen molar-refractivity contribution < 1.29 is 0 Å². The van der Waals surface area contributed by atoms with Crippen LogP contribution in [0.4, 0.5) is 0 Å². The van der Waals surface area contributed by atoms with Gasteiger partial charge in [0.2, 0.25) is 0 Å². The topological polar surface area (TPSA) is 0 Å². The maximum absolute atomic E-state index is 3.82. The maximum Gasteiger partial charge on any atom is -0.0351 e. The molecule has 0 saturated heterocycles. The standard InChI is InChI=1S/C13H22/c1-4-5-6-11-7-12-8-13(11)10(3)9(12)2/h4,9-13H,1,5-8H2,2-3H3. The lowest BCUT2D eigenvalue weighted by Crippen LogP contribution is -2.24. The minimum absolute atomic E-state index is 0.994. The Morgan fingerprint density at radius 3 is 2.54 bits per heavy atom. The highest BCUT2D eigenvalue weighted by Crippen LogP contribution is 2.56. The Morgan fingerprint density at radius 2 is 2.00 bits per heavy atom. The smallest absolute Gasteiger partial charge is 0.0351 e. The number of allylic oxidation sites excluding steroid dienone is 1. The molecule has 5 unspecified atom stereocenters. The largest absolute Gasteiger partial charge is 0.103 e. The molecule has 0 N–H and O–H groups in total. The molecule has 0 heteroatoms. The summed E-state index contributed by atoms with van der Waals surface area (Å²) < 4.78 is 0. The predicted octanol–water partition coefficient (Wildman–Crippen LogP) is 3.88. The van der Waals surface area contributed by atoms with E-state index >= 15 is 0 Å². The van der Waals surface area contributed by atoms with Gasteiger partial charge in [0, 0.05) is 0 Å². The van der Waals surface area contributed by atoms with Crippen LogP contribution in [-0.2, 0) is 0 Å². The molecule has 0 amide bonds. The first kappa shape index (κ1) is 9.30. The van der Waals surface area contributed by atoms with E-state index in [1.54, 1.807) is 0 Å². The van der Waals surface area contributed by atoms with Crippen molar-refractivity contribution in [3.8, 4) is 0 Å². The van der Waals surface area contributed by atoms with Gasteiger partial charge in [-0.05, 0) is 55.3 Å². The fraction of sp³-hybridized carbons (Fsp3) is 0.846. The Morgan fingerprint density at radius 1 is 1.23 bits per heavy atom. The lowest BCUT2D eigenvalue weighted by molar-refractivity contribution is 0.182. The third-order valence-corrected chi connectivity index (χ3v) is 4.78. The molecule has 2 bridgehead atoms. The summed E-state index contributed by atoms with van der Waals surface area (Å²) in [6, 6.07) is 0. The van der Waals surface area contributed by atoms with Crippen molar-refractivity contribution in [3.05, 3.63) is 12.7 Å². The molecule has 0 nitrogen and oxygen atoms in total. The molecule has 0 radical (unpaired) electrons. The highest BCUT2D eigenvalue weighted by Gasteiger charge is 2.47. The van der Waals surface area contributed by atoms with Crippen molar-refractivity contribution in [3.63, 3.8) is 0 Å². The number of hydrogen-bond donors (Lipinski definition) is 0. The molecule has 0 aromatic carbocycles. The summed E-state index contributed by atoms with van der Waals surface area (Å²) in [5.74, 6) is 5.16.